The van der Waals surface area contributed by atoms with E-state index in [2.05, 4.69) is 12.6 Å². The van der Waals surface area contributed by atoms with Crippen LogP contribution in [0, 0.1) is 35.0 Å². The van der Waals surface area contributed by atoms with Crippen LogP contribution < -0.4 is 0 Å². The monoisotopic (exact) mass is 445 g/mol. The number of hydrogen-bond acceptors (Lipinski definition) is 6. The largest absolute Gasteiger partial charge is 0.462 e. The van der Waals surface area contributed by atoms with Crippen LogP contribution in [0.25, 0.3) is 0 Å². The first kappa shape index (κ1) is 24.8. The quantitative estimate of drug-likeness (QED) is 0.278. The summed E-state index contributed by atoms with van der Waals surface area (Å²) in [5.41, 5.74) is 0. The van der Waals surface area contributed by atoms with E-state index in [1.165, 1.54) is 12.8 Å². The Kier molecular flexibility index (Phi) is 10.1. The van der Waals surface area contributed by atoms with Crippen molar-refractivity contribution in [2.75, 3.05) is 13.2 Å². The summed E-state index contributed by atoms with van der Waals surface area (Å²) in [6, 6.07) is 2.43. The van der Waals surface area contributed by atoms with Crippen LogP contribution in [-0.2, 0) is 23.8 Å². The maximum Gasteiger partial charge on any atom is 0.330 e. The molecule has 0 heterocycles. The predicted molar refractivity (Wildman–Crippen MR) is 120 cm³/mol. The summed E-state index contributed by atoms with van der Waals surface area (Å²) < 4.78 is 16.7. The fourth-order valence-electron chi connectivity index (χ4n) is 5.66. The number of carbonyl (C=O) groups excluding carboxylic acids is 2. The highest BCUT2D eigenvalue weighted by atomic mass is 16.5. The van der Waals surface area contributed by atoms with E-state index in [0.29, 0.717) is 19.6 Å². The van der Waals surface area contributed by atoms with Gasteiger partial charge in [-0.05, 0) is 88.9 Å². The molecule has 0 aliphatic heterocycles. The molecule has 3 rings (SSSR count). The molecule has 6 nitrogen and oxygen atoms in total. The Morgan fingerprint density at radius 1 is 0.844 bits per heavy atom. The molecule has 3 aliphatic rings. The van der Waals surface area contributed by atoms with Gasteiger partial charge in [-0.1, -0.05) is 6.58 Å². The number of esters is 2. The Morgan fingerprint density at radius 2 is 1.44 bits per heavy atom. The van der Waals surface area contributed by atoms with Crippen molar-refractivity contribution < 1.29 is 23.8 Å². The molecule has 3 saturated carbocycles. The second-order valence-electron chi connectivity index (χ2n) is 9.78. The molecule has 0 bridgehead atoms. The summed E-state index contributed by atoms with van der Waals surface area (Å²) >= 11 is 0. The Hall–Kier alpha value is -1.87. The van der Waals surface area contributed by atoms with Crippen LogP contribution >= 0.6 is 0 Å². The van der Waals surface area contributed by atoms with Crippen molar-refractivity contribution in [2.24, 2.45) is 23.7 Å². The van der Waals surface area contributed by atoms with Gasteiger partial charge in [0.05, 0.1) is 31.3 Å². The van der Waals surface area contributed by atoms with Gasteiger partial charge in [0, 0.05) is 18.4 Å². The van der Waals surface area contributed by atoms with E-state index in [1.54, 1.807) is 0 Å². The predicted octanol–water partition coefficient (Wildman–Crippen LogP) is 5.11. The lowest BCUT2D eigenvalue weighted by Gasteiger charge is -2.37. The highest BCUT2D eigenvalue weighted by Crippen LogP contribution is 2.40. The Morgan fingerprint density at radius 3 is 2.03 bits per heavy atom. The minimum Gasteiger partial charge on any atom is -0.462 e. The summed E-state index contributed by atoms with van der Waals surface area (Å²) in [7, 11) is 0. The van der Waals surface area contributed by atoms with Crippen molar-refractivity contribution in [3.63, 3.8) is 0 Å². The molecule has 3 fully saturated rings. The van der Waals surface area contributed by atoms with Gasteiger partial charge in [-0.25, -0.2) is 4.79 Å². The summed E-state index contributed by atoms with van der Waals surface area (Å²) in [5, 5.41) is 9.09. The van der Waals surface area contributed by atoms with Crippen LogP contribution in [0.2, 0.25) is 0 Å². The molecule has 178 valence electrons. The third-order valence-electron chi connectivity index (χ3n) is 7.68. The van der Waals surface area contributed by atoms with Crippen LogP contribution in [-0.4, -0.2) is 37.4 Å². The molecule has 0 N–H and O–H groups in total. The van der Waals surface area contributed by atoms with Crippen molar-refractivity contribution >= 4 is 11.9 Å². The van der Waals surface area contributed by atoms with Gasteiger partial charge in [0.1, 0.15) is 6.10 Å². The molecule has 0 aromatic heterocycles. The Balaban J connectivity index is 1.26. The number of carbonyl (C=O) groups is 2. The smallest absolute Gasteiger partial charge is 0.330 e. The fourth-order valence-corrected chi connectivity index (χ4v) is 5.66. The molecular formula is C26H39NO5. The van der Waals surface area contributed by atoms with Crippen LogP contribution in [0.5, 0.6) is 0 Å². The molecule has 0 aromatic carbocycles. The van der Waals surface area contributed by atoms with Gasteiger partial charge in [-0.2, -0.15) is 5.26 Å². The van der Waals surface area contributed by atoms with Crippen LogP contribution in [0.15, 0.2) is 12.7 Å². The molecule has 6 heteroatoms. The lowest BCUT2D eigenvalue weighted by atomic mass is 9.71. The molecule has 0 radical (unpaired) electrons. The molecule has 0 unspecified atom stereocenters. The second-order valence-corrected chi connectivity index (χ2v) is 9.78. The number of nitrogens with zero attached hydrogens (tertiary/aromatic N) is 1. The first-order valence-electron chi connectivity index (χ1n) is 12.6. The van der Waals surface area contributed by atoms with Gasteiger partial charge in [-0.15, -0.1) is 0 Å². The highest BCUT2D eigenvalue weighted by Gasteiger charge is 2.34. The molecular weight excluding hydrogens is 406 g/mol. The highest BCUT2D eigenvalue weighted by molar-refractivity contribution is 5.81. The zero-order chi connectivity index (χ0) is 22.8. The van der Waals surface area contributed by atoms with Crippen molar-refractivity contribution in [3.05, 3.63) is 12.7 Å². The van der Waals surface area contributed by atoms with Gasteiger partial charge in [0.2, 0.25) is 0 Å². The van der Waals surface area contributed by atoms with Gasteiger partial charge in [0.25, 0.3) is 0 Å². The standard InChI is InChI=1S/C26H39NO5/c1-2-25(28)31-17-3-16-30-23-12-10-22(11-13-23)26(29)32-24-14-8-21(9-15-24)20-6-4-19(18-27)5-7-20/h2,19-24H,1,3-17H2. The van der Waals surface area contributed by atoms with Gasteiger partial charge < -0.3 is 14.2 Å². The molecule has 0 spiro atoms. The maximum atomic E-state index is 12.7. The summed E-state index contributed by atoms with van der Waals surface area (Å²) in [6.07, 6.45) is 14.3. The Labute approximate surface area is 192 Å². The van der Waals surface area contributed by atoms with Gasteiger partial charge in [-0.3, -0.25) is 4.79 Å². The van der Waals surface area contributed by atoms with Gasteiger partial charge in [0.15, 0.2) is 0 Å². The minimum atomic E-state index is -0.403. The third-order valence-corrected chi connectivity index (χ3v) is 7.68. The molecule has 0 aromatic rings. The lowest BCUT2D eigenvalue weighted by Crippen LogP contribution is -2.33. The first-order valence-corrected chi connectivity index (χ1v) is 12.6. The van der Waals surface area contributed by atoms with Crippen LogP contribution in [0.4, 0.5) is 0 Å². The Bertz CT molecular complexity index is 648. The lowest BCUT2D eigenvalue weighted by molar-refractivity contribution is -0.158. The molecule has 0 amide bonds. The van der Waals surface area contributed by atoms with E-state index in [-0.39, 0.29) is 30.0 Å². The average Bonchev–Trinajstić information content (AvgIpc) is 2.84. The third kappa shape index (κ3) is 7.62. The van der Waals surface area contributed by atoms with E-state index >= 15 is 0 Å². The van der Waals surface area contributed by atoms with Crippen molar-refractivity contribution in [3.8, 4) is 6.07 Å². The molecule has 0 saturated heterocycles. The summed E-state index contributed by atoms with van der Waals surface area (Å²) in [4.78, 5) is 23.7. The topological polar surface area (TPSA) is 85.6 Å². The van der Waals surface area contributed by atoms with Crippen LogP contribution in [0.3, 0.4) is 0 Å². The van der Waals surface area contributed by atoms with E-state index < -0.39 is 5.97 Å². The van der Waals surface area contributed by atoms with E-state index in [9.17, 15) is 9.59 Å². The van der Waals surface area contributed by atoms with Crippen molar-refractivity contribution in [1.29, 1.82) is 5.26 Å². The summed E-state index contributed by atoms with van der Waals surface area (Å²) in [6.45, 7) is 4.27. The molecule has 0 atom stereocenters. The average molecular weight is 446 g/mol. The molecule has 3 aliphatic carbocycles. The maximum absolute atomic E-state index is 12.7. The van der Waals surface area contributed by atoms with Crippen molar-refractivity contribution in [2.45, 2.75) is 95.7 Å². The first-order chi connectivity index (χ1) is 15.6. The van der Waals surface area contributed by atoms with Crippen LogP contribution in [0.1, 0.15) is 83.5 Å². The SMILES string of the molecule is C=CC(=O)OCCCOC1CCC(C(=O)OC2CCC(C3CCC(C#N)CC3)CC2)CC1. The van der Waals surface area contributed by atoms with E-state index in [1.807, 2.05) is 0 Å². The second kappa shape index (κ2) is 13.0. The normalized spacial score (nSPS) is 33.0. The van der Waals surface area contributed by atoms with E-state index in [4.69, 9.17) is 19.5 Å². The van der Waals surface area contributed by atoms with Crippen molar-refractivity contribution in [1.82, 2.24) is 0 Å². The minimum absolute atomic E-state index is 0.00220. The van der Waals surface area contributed by atoms with E-state index in [0.717, 1.165) is 82.1 Å². The zero-order valence-corrected chi connectivity index (χ0v) is 19.3. The number of rotatable bonds is 9. The molecule has 32 heavy (non-hydrogen) atoms. The number of hydrogen-bond donors (Lipinski definition) is 0. The number of nitriles is 1. The van der Waals surface area contributed by atoms with Gasteiger partial charge >= 0.3 is 11.9 Å². The fraction of sp³-hybridized carbons (Fsp3) is 0.808. The summed E-state index contributed by atoms with van der Waals surface area (Å²) in [5.74, 6) is 1.37. The number of ether oxygens (including phenoxy) is 3. The zero-order valence-electron chi connectivity index (χ0n) is 19.3.